The smallest absolute Gasteiger partial charge is 0.190 e. The summed E-state index contributed by atoms with van der Waals surface area (Å²) in [5, 5.41) is 16.5. The second-order valence-electron chi connectivity index (χ2n) is 5.51. The van der Waals surface area contributed by atoms with Gasteiger partial charge in [-0.25, -0.2) is 8.78 Å². The Hall–Kier alpha value is -2.81. The highest BCUT2D eigenvalue weighted by Crippen LogP contribution is 2.28. The van der Waals surface area contributed by atoms with Crippen molar-refractivity contribution < 1.29 is 13.5 Å². The van der Waals surface area contributed by atoms with Crippen molar-refractivity contribution in [2.45, 2.75) is 32.6 Å². The molecule has 0 N–H and O–H groups in total. The molecule has 2 rings (SSSR count). The van der Waals surface area contributed by atoms with E-state index in [1.807, 2.05) is 6.07 Å². The number of hydrogen-bond donors (Lipinski definition) is 0. The summed E-state index contributed by atoms with van der Waals surface area (Å²) in [5.74, 6) is -1.98. The first-order valence-corrected chi connectivity index (χ1v) is 8.17. The first kappa shape index (κ1) is 18.5. The van der Waals surface area contributed by atoms with Gasteiger partial charge in [-0.05, 0) is 30.7 Å². The molecule has 0 atom stereocenters. The molecule has 6 heteroatoms. The largest absolute Gasteiger partial charge is 0.488 e. The highest BCUT2D eigenvalue weighted by Gasteiger charge is 2.12. The predicted molar refractivity (Wildman–Crippen MR) is 91.3 cm³/mol. The number of halogens is 2. The summed E-state index contributed by atoms with van der Waals surface area (Å²) in [6.45, 7) is 2.37. The van der Waals surface area contributed by atoms with Crippen LogP contribution in [0.4, 0.5) is 20.2 Å². The van der Waals surface area contributed by atoms with Gasteiger partial charge < -0.3 is 4.74 Å². The molecule has 0 aliphatic rings. The monoisotopic (exact) mass is 343 g/mol. The van der Waals surface area contributed by atoms with Crippen molar-refractivity contribution in [3.8, 4) is 11.8 Å². The van der Waals surface area contributed by atoms with E-state index in [4.69, 9.17) is 10.00 Å². The lowest BCUT2D eigenvalue weighted by atomic mass is 10.2. The predicted octanol–water partition coefficient (Wildman–Crippen LogP) is 6.21. The van der Waals surface area contributed by atoms with Gasteiger partial charge in [0.05, 0.1) is 29.6 Å². The summed E-state index contributed by atoms with van der Waals surface area (Å²) in [6, 6.07) is 10.5. The summed E-state index contributed by atoms with van der Waals surface area (Å²) in [4.78, 5) is 0. The molecule has 0 spiro atoms. The Morgan fingerprint density at radius 1 is 0.960 bits per heavy atom. The average Bonchev–Trinajstić information content (AvgIpc) is 2.62. The van der Waals surface area contributed by atoms with E-state index in [1.54, 1.807) is 24.3 Å². The van der Waals surface area contributed by atoms with E-state index in [1.165, 1.54) is 0 Å². The standard InChI is InChI=1S/C19H19F2N3O/c1-2-3-4-5-10-25-19-17(20)11-16(12-18(19)21)24-23-15-8-6-14(13-22)7-9-15/h6-9,11-12H,2-5,10H2,1H3/b24-23+. The lowest BCUT2D eigenvalue weighted by molar-refractivity contribution is 0.275. The highest BCUT2D eigenvalue weighted by molar-refractivity contribution is 5.45. The summed E-state index contributed by atoms with van der Waals surface area (Å²) >= 11 is 0. The van der Waals surface area contributed by atoms with Crippen LogP contribution in [0, 0.1) is 23.0 Å². The van der Waals surface area contributed by atoms with E-state index in [-0.39, 0.29) is 18.0 Å². The SMILES string of the molecule is CCCCCCOc1c(F)cc(/N=N/c2ccc(C#N)cc2)cc1F. The number of unbranched alkanes of at least 4 members (excludes halogenated alkanes) is 3. The van der Waals surface area contributed by atoms with Gasteiger partial charge in [-0.3, -0.25) is 0 Å². The van der Waals surface area contributed by atoms with Crippen LogP contribution >= 0.6 is 0 Å². The first-order chi connectivity index (χ1) is 12.1. The molecular formula is C19H19F2N3O. The van der Waals surface area contributed by atoms with Crippen LogP contribution in [0.1, 0.15) is 38.2 Å². The fourth-order valence-electron chi connectivity index (χ4n) is 2.16. The number of benzene rings is 2. The van der Waals surface area contributed by atoms with E-state index in [9.17, 15) is 8.78 Å². The number of nitrogens with zero attached hydrogens (tertiary/aromatic N) is 3. The molecule has 0 radical (unpaired) electrons. The Morgan fingerprint density at radius 3 is 2.20 bits per heavy atom. The van der Waals surface area contributed by atoms with Gasteiger partial charge in [-0.1, -0.05) is 26.2 Å². The van der Waals surface area contributed by atoms with E-state index < -0.39 is 11.6 Å². The molecule has 0 heterocycles. The third-order valence-electron chi connectivity index (χ3n) is 3.50. The Labute approximate surface area is 145 Å². The van der Waals surface area contributed by atoms with Crippen LogP contribution in [0.25, 0.3) is 0 Å². The van der Waals surface area contributed by atoms with Crippen molar-refractivity contribution in [2.75, 3.05) is 6.61 Å². The van der Waals surface area contributed by atoms with E-state index in [0.29, 0.717) is 11.3 Å². The van der Waals surface area contributed by atoms with E-state index >= 15 is 0 Å². The normalized spacial score (nSPS) is 10.8. The molecule has 0 aromatic heterocycles. The summed E-state index contributed by atoms with van der Waals surface area (Å²) < 4.78 is 33.2. The zero-order chi connectivity index (χ0) is 18.1. The number of ether oxygens (including phenoxy) is 1. The van der Waals surface area contributed by atoms with Gasteiger partial charge in [0, 0.05) is 12.1 Å². The van der Waals surface area contributed by atoms with Crippen LogP contribution in [0.2, 0.25) is 0 Å². The molecule has 0 bridgehead atoms. The Morgan fingerprint density at radius 2 is 1.60 bits per heavy atom. The molecule has 25 heavy (non-hydrogen) atoms. The molecule has 0 saturated carbocycles. The van der Waals surface area contributed by atoms with Gasteiger partial charge in [-0.15, -0.1) is 0 Å². The van der Waals surface area contributed by atoms with Crippen LogP contribution in [-0.2, 0) is 0 Å². The maximum absolute atomic E-state index is 14.0. The molecule has 0 fully saturated rings. The van der Waals surface area contributed by atoms with Gasteiger partial charge >= 0.3 is 0 Å². The second-order valence-corrected chi connectivity index (χ2v) is 5.51. The van der Waals surface area contributed by atoms with Crippen molar-refractivity contribution >= 4 is 11.4 Å². The molecule has 130 valence electrons. The van der Waals surface area contributed by atoms with Crippen molar-refractivity contribution in [3.63, 3.8) is 0 Å². The van der Waals surface area contributed by atoms with Gasteiger partial charge in [-0.2, -0.15) is 15.5 Å². The number of rotatable bonds is 8. The molecule has 4 nitrogen and oxygen atoms in total. The van der Waals surface area contributed by atoms with Crippen molar-refractivity contribution in [3.05, 3.63) is 53.6 Å². The Balaban J connectivity index is 2.02. The zero-order valence-electron chi connectivity index (χ0n) is 14.0. The summed E-state index contributed by atoms with van der Waals surface area (Å²) in [5.41, 5.74) is 1.03. The second kappa shape index (κ2) is 9.48. The molecule has 2 aromatic carbocycles. The van der Waals surface area contributed by atoms with Crippen LogP contribution < -0.4 is 4.74 Å². The van der Waals surface area contributed by atoms with Crippen molar-refractivity contribution in [1.82, 2.24) is 0 Å². The quantitative estimate of drug-likeness (QED) is 0.422. The topological polar surface area (TPSA) is 57.7 Å². The summed E-state index contributed by atoms with van der Waals surface area (Å²) in [7, 11) is 0. The van der Waals surface area contributed by atoms with Crippen LogP contribution in [-0.4, -0.2) is 6.61 Å². The maximum atomic E-state index is 14.0. The van der Waals surface area contributed by atoms with Crippen LogP contribution in [0.3, 0.4) is 0 Å². The average molecular weight is 343 g/mol. The van der Waals surface area contributed by atoms with Gasteiger partial charge in [0.2, 0.25) is 0 Å². The third kappa shape index (κ3) is 5.64. The molecule has 0 saturated heterocycles. The zero-order valence-corrected chi connectivity index (χ0v) is 14.0. The van der Waals surface area contributed by atoms with Gasteiger partial charge in [0.25, 0.3) is 0 Å². The molecule has 2 aromatic rings. The third-order valence-corrected chi connectivity index (χ3v) is 3.50. The Kier molecular flexibility index (Phi) is 7.02. The molecule has 0 unspecified atom stereocenters. The van der Waals surface area contributed by atoms with E-state index in [0.717, 1.165) is 37.8 Å². The number of azo groups is 1. The summed E-state index contributed by atoms with van der Waals surface area (Å²) in [6.07, 6.45) is 3.88. The van der Waals surface area contributed by atoms with Crippen LogP contribution in [0.15, 0.2) is 46.6 Å². The minimum atomic E-state index is -0.802. The molecule has 0 aliphatic heterocycles. The van der Waals surface area contributed by atoms with Gasteiger partial charge in [0.1, 0.15) is 0 Å². The first-order valence-electron chi connectivity index (χ1n) is 8.17. The highest BCUT2D eigenvalue weighted by atomic mass is 19.1. The number of nitriles is 1. The van der Waals surface area contributed by atoms with Gasteiger partial charge in [0.15, 0.2) is 17.4 Å². The minimum absolute atomic E-state index is 0.0534. The molecular weight excluding hydrogens is 324 g/mol. The lowest BCUT2D eigenvalue weighted by Crippen LogP contribution is -2.01. The maximum Gasteiger partial charge on any atom is 0.190 e. The van der Waals surface area contributed by atoms with E-state index in [2.05, 4.69) is 17.2 Å². The van der Waals surface area contributed by atoms with Crippen molar-refractivity contribution in [1.29, 1.82) is 5.26 Å². The lowest BCUT2D eigenvalue weighted by Gasteiger charge is -2.08. The van der Waals surface area contributed by atoms with Crippen molar-refractivity contribution in [2.24, 2.45) is 10.2 Å². The number of hydrogen-bond acceptors (Lipinski definition) is 4. The fraction of sp³-hybridized carbons (Fsp3) is 0.316. The van der Waals surface area contributed by atoms with Crippen LogP contribution in [0.5, 0.6) is 5.75 Å². The molecule has 0 aliphatic carbocycles. The fourth-order valence-corrected chi connectivity index (χ4v) is 2.16. The minimum Gasteiger partial charge on any atom is -0.488 e. The Bertz CT molecular complexity index is 744. The molecule has 0 amide bonds.